The van der Waals surface area contributed by atoms with Crippen LogP contribution in [0.2, 0.25) is 0 Å². The third kappa shape index (κ3) is 14.1. The monoisotopic (exact) mass is 1680 g/mol. The minimum Gasteiger partial charge on any atom is -0.356 e. The van der Waals surface area contributed by atoms with E-state index in [4.69, 9.17) is 0 Å². The Morgan fingerprint density at radius 3 is 0.929 bits per heavy atom. The number of rotatable bonds is 15. The van der Waals surface area contributed by atoms with E-state index in [1.54, 1.807) is 0 Å². The van der Waals surface area contributed by atoms with E-state index in [1.807, 2.05) is 0 Å². The van der Waals surface area contributed by atoms with Gasteiger partial charge in [-0.3, -0.25) is 0 Å². The van der Waals surface area contributed by atoms with E-state index in [1.165, 1.54) is 160 Å². The van der Waals surface area contributed by atoms with Crippen LogP contribution in [0.15, 0.2) is 514 Å². The van der Waals surface area contributed by atoms with E-state index in [2.05, 4.69) is 545 Å². The van der Waals surface area contributed by atoms with Gasteiger partial charge in [-0.25, -0.2) is 0 Å². The highest BCUT2D eigenvalue weighted by Gasteiger charge is 2.48. The van der Waals surface area contributed by atoms with Crippen molar-refractivity contribution < 1.29 is 0 Å². The summed E-state index contributed by atoms with van der Waals surface area (Å²) in [5.74, 6) is 0. The minimum absolute atomic E-state index is 0.386. The molecule has 127 heavy (non-hydrogen) atoms. The standard InChI is InChI=1S/C61H42N2.C37H27N.C24H16BrN/c1-4-14-43(15-5-1)44-28-34-52(35-29-44)63(53-36-30-46(31-37-53)45-26-32-51(33-27-45)62-41-40-48-25-24-47-16-10-11-21-55(47)60(48)62)54-38-39-57-56-22-12-13-23-58(56)61(59(57)42-54,49-17-6-2-7-18-49)50-19-8-3-9-20-50;1-4-12-27(13-5-1)28-20-22-31(23-21-28)38-32-24-25-34-33-18-10-11-19-35(33)37(36(34)26-32,29-14-6-2-7-15-29)30-16-8-3-9-17-30;25-21-11-7-17(8-12-21)18-9-13-22(14-10-18)26-16-15-20-6-5-19-3-1-2-4-23(19)24(20)26/h1-42H;1-26,38H;1-16H. The van der Waals surface area contributed by atoms with Crippen molar-refractivity contribution in [3.63, 3.8) is 0 Å². The number of hydrogen-bond donors (Lipinski definition) is 1. The summed E-state index contributed by atoms with van der Waals surface area (Å²) >= 11 is 3.50. The molecule has 0 saturated heterocycles. The first-order valence-electron chi connectivity index (χ1n) is 43.5. The molecule has 22 aromatic rings. The maximum Gasteiger partial charge on any atom is 0.0714 e. The molecule has 0 amide bonds. The largest absolute Gasteiger partial charge is 0.356 e. The van der Waals surface area contributed by atoms with Crippen LogP contribution in [0.5, 0.6) is 0 Å². The summed E-state index contributed by atoms with van der Waals surface area (Å²) in [6, 6.07) is 180. The molecule has 5 heteroatoms. The molecular weight excluding hydrogens is 1600 g/mol. The maximum absolute atomic E-state index is 3.68. The van der Waals surface area contributed by atoms with Crippen LogP contribution in [-0.2, 0) is 10.8 Å². The second-order valence-electron chi connectivity index (χ2n) is 32.8. The first kappa shape index (κ1) is 77.2. The van der Waals surface area contributed by atoms with Gasteiger partial charge < -0.3 is 19.4 Å². The van der Waals surface area contributed by atoms with E-state index >= 15 is 0 Å². The Morgan fingerprint density at radius 1 is 0.213 bits per heavy atom. The van der Waals surface area contributed by atoms with Crippen molar-refractivity contribution in [3.8, 4) is 78.1 Å². The Bertz CT molecular complexity index is 7630. The lowest BCUT2D eigenvalue weighted by atomic mass is 9.67. The lowest BCUT2D eigenvalue weighted by molar-refractivity contribution is 0.768. The lowest BCUT2D eigenvalue weighted by Crippen LogP contribution is -2.28. The number of aromatic nitrogens is 2. The van der Waals surface area contributed by atoms with Gasteiger partial charge in [0.05, 0.1) is 21.9 Å². The van der Waals surface area contributed by atoms with Crippen molar-refractivity contribution in [2.24, 2.45) is 0 Å². The Morgan fingerprint density at radius 2 is 0.512 bits per heavy atom. The topological polar surface area (TPSA) is 25.1 Å². The molecule has 4 nitrogen and oxygen atoms in total. The van der Waals surface area contributed by atoms with Gasteiger partial charge >= 0.3 is 0 Å². The zero-order valence-corrected chi connectivity index (χ0v) is 71.3. The molecule has 0 spiro atoms. The number of benzene rings is 20. The highest BCUT2D eigenvalue weighted by molar-refractivity contribution is 9.10. The summed E-state index contributed by atoms with van der Waals surface area (Å²) in [6.07, 6.45) is 4.34. The van der Waals surface area contributed by atoms with Crippen molar-refractivity contribution in [2.75, 3.05) is 10.2 Å². The fraction of sp³-hybridized carbons (Fsp3) is 0.0164. The molecule has 600 valence electrons. The lowest BCUT2D eigenvalue weighted by Gasteiger charge is -2.35. The van der Waals surface area contributed by atoms with Crippen molar-refractivity contribution in [2.45, 2.75) is 10.8 Å². The van der Waals surface area contributed by atoms with Gasteiger partial charge in [-0.2, -0.15) is 0 Å². The van der Waals surface area contributed by atoms with Crippen LogP contribution < -0.4 is 10.2 Å². The molecule has 0 fully saturated rings. The second kappa shape index (κ2) is 33.4. The predicted octanol–water partition coefficient (Wildman–Crippen LogP) is 32.6. The van der Waals surface area contributed by atoms with Gasteiger partial charge in [0.15, 0.2) is 0 Å². The molecule has 20 aromatic carbocycles. The van der Waals surface area contributed by atoms with Gasteiger partial charge in [0.25, 0.3) is 0 Å². The van der Waals surface area contributed by atoms with E-state index in [-0.39, 0.29) is 5.41 Å². The molecule has 0 aliphatic heterocycles. The molecular formula is C122H85BrN4. The fourth-order valence-electron chi connectivity index (χ4n) is 19.8. The molecule has 0 atom stereocenters. The molecule has 24 rings (SSSR count). The molecule has 2 aliphatic rings. The number of fused-ring (bicyclic) bond motifs is 12. The zero-order valence-electron chi connectivity index (χ0n) is 69.7. The van der Waals surface area contributed by atoms with E-state index in [0.717, 1.165) is 38.6 Å². The Balaban J connectivity index is 0.000000125. The van der Waals surface area contributed by atoms with E-state index in [0.29, 0.717) is 0 Å². The summed E-state index contributed by atoms with van der Waals surface area (Å²) in [5, 5.41) is 11.3. The summed E-state index contributed by atoms with van der Waals surface area (Å²) in [4.78, 5) is 2.41. The number of halogens is 1. The highest BCUT2D eigenvalue weighted by Crippen LogP contribution is 2.59. The van der Waals surface area contributed by atoms with Crippen molar-refractivity contribution in [1.29, 1.82) is 0 Å². The fourth-order valence-corrected chi connectivity index (χ4v) is 20.1. The Kier molecular flexibility index (Phi) is 20.3. The van der Waals surface area contributed by atoms with E-state index < -0.39 is 5.41 Å². The highest BCUT2D eigenvalue weighted by atomic mass is 79.9. The molecule has 2 heterocycles. The van der Waals surface area contributed by atoms with Crippen LogP contribution in [-0.4, -0.2) is 9.13 Å². The van der Waals surface area contributed by atoms with Gasteiger partial charge in [-0.15, -0.1) is 0 Å². The SMILES string of the molecule is Brc1ccc(-c2ccc(-n3ccc4ccc5ccccc5c43)cc2)cc1.c1ccc(-c2ccc(N(c3ccc(-c4ccc(-n5ccc6ccc7ccccc7c65)cc4)cc3)c3ccc4c(c3)C(c3ccccc3)(c3ccccc3)c3ccccc3-4)cc2)cc1.c1ccc(-c2ccc(Nc3ccc4c(c3)C(c3ccccc3)(c3ccccc3)c3ccccc3-4)cc2)cc1. The van der Waals surface area contributed by atoms with Crippen LogP contribution >= 0.6 is 15.9 Å². The van der Waals surface area contributed by atoms with Crippen LogP contribution in [0.4, 0.5) is 28.4 Å². The average Bonchev–Trinajstić information content (AvgIpc) is 1.54. The van der Waals surface area contributed by atoms with Crippen molar-refractivity contribution >= 4 is 87.7 Å². The van der Waals surface area contributed by atoms with Crippen LogP contribution in [0.3, 0.4) is 0 Å². The maximum atomic E-state index is 3.68. The summed E-state index contributed by atoms with van der Waals surface area (Å²) in [5.41, 5.74) is 34.5. The van der Waals surface area contributed by atoms with Gasteiger partial charge in [-0.1, -0.05) is 404 Å². The van der Waals surface area contributed by atoms with Gasteiger partial charge in [-0.05, 0) is 231 Å². The van der Waals surface area contributed by atoms with E-state index in [9.17, 15) is 0 Å². The molecule has 2 aliphatic carbocycles. The normalized spacial score (nSPS) is 12.4. The average molecular weight is 1690 g/mol. The van der Waals surface area contributed by atoms with Crippen molar-refractivity contribution in [3.05, 3.63) is 559 Å². The molecule has 0 radical (unpaired) electrons. The van der Waals surface area contributed by atoms with Gasteiger partial charge in [0.1, 0.15) is 0 Å². The van der Waals surface area contributed by atoms with Crippen molar-refractivity contribution in [1.82, 2.24) is 9.13 Å². The third-order valence-corrected chi connectivity index (χ3v) is 26.3. The molecule has 2 aromatic heterocycles. The Labute approximate surface area is 749 Å². The van der Waals surface area contributed by atoms with Crippen LogP contribution in [0, 0.1) is 0 Å². The molecule has 0 saturated carbocycles. The Hall–Kier alpha value is -15.9. The first-order valence-corrected chi connectivity index (χ1v) is 44.3. The quantitative estimate of drug-likeness (QED) is 0.111. The third-order valence-electron chi connectivity index (χ3n) is 25.8. The summed E-state index contributed by atoms with van der Waals surface area (Å²) in [6.45, 7) is 0. The predicted molar refractivity (Wildman–Crippen MR) is 536 cm³/mol. The summed E-state index contributed by atoms with van der Waals surface area (Å²) < 4.78 is 5.69. The number of hydrogen-bond acceptors (Lipinski definition) is 2. The van der Waals surface area contributed by atoms with Crippen LogP contribution in [0.25, 0.3) is 121 Å². The van der Waals surface area contributed by atoms with Gasteiger partial charge in [0, 0.05) is 78.2 Å². The molecule has 0 bridgehead atoms. The smallest absolute Gasteiger partial charge is 0.0714 e. The molecule has 0 unspecified atom stereocenters. The summed E-state index contributed by atoms with van der Waals surface area (Å²) in [7, 11) is 0. The number of nitrogens with zero attached hydrogens (tertiary/aromatic N) is 3. The zero-order chi connectivity index (χ0) is 84.6. The number of anilines is 5. The van der Waals surface area contributed by atoms with Crippen LogP contribution in [0.1, 0.15) is 44.5 Å². The molecule has 1 N–H and O–H groups in total. The first-order chi connectivity index (χ1) is 62.9. The van der Waals surface area contributed by atoms with Gasteiger partial charge in [0.2, 0.25) is 0 Å². The number of nitrogens with one attached hydrogen (secondary N) is 1. The minimum atomic E-state index is -0.497. The second-order valence-corrected chi connectivity index (χ2v) is 33.7.